The molecule has 4 rings (SSSR count). The molecule has 0 fully saturated rings. The van der Waals surface area contributed by atoms with Crippen LogP contribution in [-0.4, -0.2) is 23.1 Å². The van der Waals surface area contributed by atoms with Crippen LogP contribution in [0.4, 0.5) is 5.69 Å². The van der Waals surface area contributed by atoms with E-state index in [4.69, 9.17) is 27.9 Å². The molecular formula is C24H20Cl2N2O3. The van der Waals surface area contributed by atoms with Crippen LogP contribution in [0.3, 0.4) is 0 Å². The topological polar surface area (TPSA) is 60.3 Å². The van der Waals surface area contributed by atoms with Gasteiger partial charge >= 0.3 is 5.97 Å². The van der Waals surface area contributed by atoms with Gasteiger partial charge in [0.2, 0.25) is 0 Å². The van der Waals surface area contributed by atoms with Crippen molar-refractivity contribution in [1.29, 1.82) is 0 Å². The Morgan fingerprint density at radius 3 is 2.48 bits per heavy atom. The van der Waals surface area contributed by atoms with Crippen LogP contribution in [0, 0.1) is 0 Å². The van der Waals surface area contributed by atoms with Crippen LogP contribution in [0.1, 0.15) is 12.5 Å². The number of carbonyl (C=O) groups excluding carboxylic acids is 2. The van der Waals surface area contributed by atoms with Gasteiger partial charge in [0, 0.05) is 34.0 Å². The molecule has 1 aromatic heterocycles. The first-order valence-corrected chi connectivity index (χ1v) is 10.6. The van der Waals surface area contributed by atoms with Crippen LogP contribution in [-0.2, 0) is 27.3 Å². The summed E-state index contributed by atoms with van der Waals surface area (Å²) in [5, 5.41) is 5.77. The van der Waals surface area contributed by atoms with Gasteiger partial charge in [-0.1, -0.05) is 47.5 Å². The Morgan fingerprint density at radius 2 is 1.71 bits per heavy atom. The molecule has 0 aliphatic rings. The lowest BCUT2D eigenvalue weighted by atomic mass is 10.1. The SMILES string of the molecule is CCn1c2ccccc2c2cc(NC(=O)COC(=O)Cc3ccc(Cl)c(Cl)c3)ccc21. The summed E-state index contributed by atoms with van der Waals surface area (Å²) in [5.41, 5.74) is 3.57. The van der Waals surface area contributed by atoms with Crippen molar-refractivity contribution in [3.05, 3.63) is 76.3 Å². The van der Waals surface area contributed by atoms with Gasteiger partial charge < -0.3 is 14.6 Å². The van der Waals surface area contributed by atoms with Crippen LogP contribution in [0.25, 0.3) is 21.8 Å². The molecule has 0 saturated carbocycles. The largest absolute Gasteiger partial charge is 0.455 e. The average Bonchev–Trinajstić information content (AvgIpc) is 3.08. The molecular weight excluding hydrogens is 435 g/mol. The molecule has 1 amide bonds. The van der Waals surface area contributed by atoms with Gasteiger partial charge in [0.25, 0.3) is 5.91 Å². The number of benzene rings is 3. The van der Waals surface area contributed by atoms with Gasteiger partial charge in [-0.25, -0.2) is 0 Å². The molecule has 0 radical (unpaired) electrons. The zero-order chi connectivity index (χ0) is 22.0. The second-order valence-corrected chi connectivity index (χ2v) is 7.94. The van der Waals surface area contributed by atoms with E-state index < -0.39 is 11.9 Å². The van der Waals surface area contributed by atoms with E-state index in [2.05, 4.69) is 28.9 Å². The third-order valence-corrected chi connectivity index (χ3v) is 5.81. The summed E-state index contributed by atoms with van der Waals surface area (Å²) in [4.78, 5) is 24.3. The van der Waals surface area contributed by atoms with E-state index in [9.17, 15) is 9.59 Å². The summed E-state index contributed by atoms with van der Waals surface area (Å²) in [5.74, 6) is -0.920. The molecule has 4 aromatic rings. The van der Waals surface area contributed by atoms with Crippen LogP contribution >= 0.6 is 23.2 Å². The molecule has 0 aliphatic carbocycles. The van der Waals surface area contributed by atoms with E-state index in [-0.39, 0.29) is 13.0 Å². The molecule has 0 spiro atoms. The number of para-hydroxylation sites is 1. The second kappa shape index (κ2) is 9.00. The summed E-state index contributed by atoms with van der Waals surface area (Å²) >= 11 is 11.8. The monoisotopic (exact) mass is 454 g/mol. The Bertz CT molecular complexity index is 1300. The standard InChI is InChI=1S/C24H20Cl2N2O3/c1-2-28-21-6-4-3-5-17(21)18-13-16(8-10-22(18)28)27-23(29)14-31-24(30)12-15-7-9-19(25)20(26)11-15/h3-11,13H,2,12,14H2,1H3,(H,27,29). The lowest BCUT2D eigenvalue weighted by Gasteiger charge is -2.08. The van der Waals surface area contributed by atoms with Gasteiger partial charge in [-0.05, 0) is 48.9 Å². The first-order chi connectivity index (χ1) is 15.0. The van der Waals surface area contributed by atoms with Gasteiger partial charge in [0.15, 0.2) is 6.61 Å². The summed E-state index contributed by atoms with van der Waals surface area (Å²) in [6, 6.07) is 18.9. The number of nitrogens with one attached hydrogen (secondary N) is 1. The quantitative estimate of drug-likeness (QED) is 0.372. The van der Waals surface area contributed by atoms with E-state index in [0.717, 1.165) is 28.4 Å². The van der Waals surface area contributed by atoms with Crippen molar-refractivity contribution >= 4 is 62.6 Å². The number of rotatable bonds is 6. The number of hydrogen-bond donors (Lipinski definition) is 1. The Balaban J connectivity index is 1.42. The number of carbonyl (C=O) groups is 2. The van der Waals surface area contributed by atoms with Crippen molar-refractivity contribution in [2.24, 2.45) is 0 Å². The summed E-state index contributed by atoms with van der Waals surface area (Å²) in [6.45, 7) is 2.59. The van der Waals surface area contributed by atoms with Crippen molar-refractivity contribution in [3.63, 3.8) is 0 Å². The maximum Gasteiger partial charge on any atom is 0.310 e. The first kappa shape index (κ1) is 21.2. The summed E-state index contributed by atoms with van der Waals surface area (Å²) < 4.78 is 7.34. The van der Waals surface area contributed by atoms with Crippen molar-refractivity contribution in [3.8, 4) is 0 Å². The molecule has 158 valence electrons. The van der Waals surface area contributed by atoms with Gasteiger partial charge in [0.1, 0.15) is 0 Å². The smallest absolute Gasteiger partial charge is 0.310 e. The molecule has 0 unspecified atom stereocenters. The zero-order valence-corrected chi connectivity index (χ0v) is 18.3. The van der Waals surface area contributed by atoms with E-state index in [1.807, 2.05) is 30.3 Å². The molecule has 31 heavy (non-hydrogen) atoms. The minimum absolute atomic E-state index is 0.00660. The number of ether oxygens (including phenoxy) is 1. The normalized spacial score (nSPS) is 11.1. The molecule has 0 aliphatic heterocycles. The number of nitrogens with zero attached hydrogens (tertiary/aromatic N) is 1. The number of esters is 1. The fourth-order valence-electron chi connectivity index (χ4n) is 3.68. The van der Waals surface area contributed by atoms with Gasteiger partial charge in [-0.3, -0.25) is 9.59 Å². The number of fused-ring (bicyclic) bond motifs is 3. The molecule has 0 atom stereocenters. The predicted molar refractivity (Wildman–Crippen MR) is 125 cm³/mol. The summed E-state index contributed by atoms with van der Waals surface area (Å²) in [6.07, 6.45) is 0.00660. The maximum atomic E-state index is 12.3. The lowest BCUT2D eigenvalue weighted by molar-refractivity contribution is -0.146. The minimum atomic E-state index is -0.519. The third kappa shape index (κ3) is 4.53. The first-order valence-electron chi connectivity index (χ1n) is 9.86. The Morgan fingerprint density at radius 1 is 0.935 bits per heavy atom. The number of aryl methyl sites for hydroxylation is 1. The van der Waals surface area contributed by atoms with Crippen molar-refractivity contribution in [2.75, 3.05) is 11.9 Å². The van der Waals surface area contributed by atoms with Crippen LogP contribution < -0.4 is 5.32 Å². The highest BCUT2D eigenvalue weighted by Crippen LogP contribution is 2.31. The highest BCUT2D eigenvalue weighted by Gasteiger charge is 2.13. The number of halogens is 2. The lowest BCUT2D eigenvalue weighted by Crippen LogP contribution is -2.21. The number of anilines is 1. The highest BCUT2D eigenvalue weighted by molar-refractivity contribution is 6.42. The maximum absolute atomic E-state index is 12.3. The Kier molecular flexibility index (Phi) is 6.16. The molecule has 1 heterocycles. The van der Waals surface area contributed by atoms with Crippen LogP contribution in [0.2, 0.25) is 10.0 Å². The van der Waals surface area contributed by atoms with Gasteiger partial charge in [-0.15, -0.1) is 0 Å². The summed E-state index contributed by atoms with van der Waals surface area (Å²) in [7, 11) is 0. The van der Waals surface area contributed by atoms with Crippen LogP contribution in [0.15, 0.2) is 60.7 Å². The molecule has 7 heteroatoms. The molecule has 3 aromatic carbocycles. The van der Waals surface area contributed by atoms with E-state index in [1.165, 1.54) is 0 Å². The van der Waals surface area contributed by atoms with E-state index >= 15 is 0 Å². The van der Waals surface area contributed by atoms with E-state index in [1.54, 1.807) is 18.2 Å². The van der Waals surface area contributed by atoms with Crippen molar-refractivity contribution < 1.29 is 14.3 Å². The predicted octanol–water partition coefficient (Wildman–Crippen LogP) is 5.85. The molecule has 1 N–H and O–H groups in total. The number of amides is 1. The molecule has 0 bridgehead atoms. The average molecular weight is 455 g/mol. The molecule has 0 saturated heterocycles. The third-order valence-electron chi connectivity index (χ3n) is 5.07. The second-order valence-electron chi connectivity index (χ2n) is 7.13. The van der Waals surface area contributed by atoms with Gasteiger partial charge in [-0.2, -0.15) is 0 Å². The van der Waals surface area contributed by atoms with Crippen molar-refractivity contribution in [1.82, 2.24) is 4.57 Å². The fraction of sp³-hybridized carbons (Fsp3) is 0.167. The van der Waals surface area contributed by atoms with Gasteiger partial charge in [0.05, 0.1) is 16.5 Å². The molecule has 5 nitrogen and oxygen atoms in total. The minimum Gasteiger partial charge on any atom is -0.455 e. The Labute approximate surface area is 189 Å². The van der Waals surface area contributed by atoms with Crippen molar-refractivity contribution in [2.45, 2.75) is 19.9 Å². The fourth-order valence-corrected chi connectivity index (χ4v) is 4.00. The van der Waals surface area contributed by atoms with Crippen LogP contribution in [0.5, 0.6) is 0 Å². The number of aromatic nitrogens is 1. The highest BCUT2D eigenvalue weighted by atomic mass is 35.5. The zero-order valence-electron chi connectivity index (χ0n) is 16.8. The number of hydrogen-bond acceptors (Lipinski definition) is 3. The Hall–Kier alpha value is -3.02. The van der Waals surface area contributed by atoms with E-state index in [0.29, 0.717) is 21.3 Å².